The Morgan fingerprint density at radius 2 is 1.87 bits per heavy atom. The minimum absolute atomic E-state index is 0.0844. The molecule has 2 nitrogen and oxygen atoms in total. The molecule has 15 heavy (non-hydrogen) atoms. The van der Waals surface area contributed by atoms with E-state index in [4.69, 9.17) is 4.74 Å². The summed E-state index contributed by atoms with van der Waals surface area (Å²) < 4.78 is 16.7. The lowest BCUT2D eigenvalue weighted by Gasteiger charge is -2.20. The predicted molar refractivity (Wildman–Crippen MR) is 64.0 cm³/mol. The molecule has 1 aromatic carbocycles. The molecule has 0 amide bonds. The topological polar surface area (TPSA) is 26.3 Å². The van der Waals surface area contributed by atoms with Gasteiger partial charge in [-0.2, -0.15) is 0 Å². The number of ether oxygens (including phenoxy) is 1. The molecule has 0 aromatic heterocycles. The highest BCUT2D eigenvalue weighted by Crippen LogP contribution is 2.29. The van der Waals surface area contributed by atoms with E-state index in [2.05, 4.69) is 20.8 Å². The van der Waals surface area contributed by atoms with Crippen molar-refractivity contribution in [2.24, 2.45) is 0 Å². The average molecular weight is 226 g/mol. The van der Waals surface area contributed by atoms with Gasteiger partial charge in [-0.25, -0.2) is 0 Å². The Labute approximate surface area is 94.1 Å². The van der Waals surface area contributed by atoms with Crippen LogP contribution < -0.4 is 4.74 Å². The summed E-state index contributed by atoms with van der Waals surface area (Å²) in [5.41, 5.74) is 1.27. The van der Waals surface area contributed by atoms with E-state index in [1.54, 1.807) is 13.4 Å². The third-order valence-electron chi connectivity index (χ3n) is 2.34. The Balaban J connectivity index is 3.25. The molecule has 0 radical (unpaired) electrons. The molecule has 0 aliphatic heterocycles. The number of methoxy groups -OCH3 is 1. The van der Waals surface area contributed by atoms with Gasteiger partial charge in [-0.1, -0.05) is 26.8 Å². The van der Waals surface area contributed by atoms with Crippen LogP contribution in [0.15, 0.2) is 23.1 Å². The maximum atomic E-state index is 11.4. The number of rotatable bonds is 2. The first-order valence-corrected chi connectivity index (χ1v) is 6.44. The van der Waals surface area contributed by atoms with Gasteiger partial charge in [0.15, 0.2) is 0 Å². The van der Waals surface area contributed by atoms with E-state index in [9.17, 15) is 4.21 Å². The van der Waals surface area contributed by atoms with E-state index in [1.807, 2.05) is 18.2 Å². The van der Waals surface area contributed by atoms with Crippen molar-refractivity contribution in [2.75, 3.05) is 13.4 Å². The van der Waals surface area contributed by atoms with E-state index in [1.165, 1.54) is 5.56 Å². The van der Waals surface area contributed by atoms with Gasteiger partial charge in [-0.15, -0.1) is 0 Å². The molecule has 1 unspecified atom stereocenters. The van der Waals surface area contributed by atoms with Gasteiger partial charge in [-0.05, 0) is 23.1 Å². The quantitative estimate of drug-likeness (QED) is 0.775. The molecule has 0 N–H and O–H groups in total. The minimum Gasteiger partial charge on any atom is -0.495 e. The monoisotopic (exact) mass is 226 g/mol. The standard InChI is InChI=1S/C12H18O2S/c1-12(2,3)9-6-7-11(15(5)13)10(8-9)14-4/h6-8H,1-5H3. The van der Waals surface area contributed by atoms with Crippen LogP contribution in [0.1, 0.15) is 26.3 Å². The molecule has 0 heterocycles. The van der Waals surface area contributed by atoms with Gasteiger partial charge in [0.25, 0.3) is 0 Å². The first-order valence-electron chi connectivity index (χ1n) is 4.88. The highest BCUT2D eigenvalue weighted by Gasteiger charge is 2.16. The van der Waals surface area contributed by atoms with Crippen LogP contribution in [0.3, 0.4) is 0 Å². The normalized spacial score (nSPS) is 13.7. The summed E-state index contributed by atoms with van der Waals surface area (Å²) in [6.45, 7) is 6.43. The van der Waals surface area contributed by atoms with Crippen molar-refractivity contribution in [3.05, 3.63) is 23.8 Å². The highest BCUT2D eigenvalue weighted by molar-refractivity contribution is 7.84. The molecule has 0 fully saturated rings. The van der Waals surface area contributed by atoms with Gasteiger partial charge < -0.3 is 4.74 Å². The smallest absolute Gasteiger partial charge is 0.135 e. The summed E-state index contributed by atoms with van der Waals surface area (Å²) in [6, 6.07) is 5.87. The fourth-order valence-corrected chi connectivity index (χ4v) is 2.06. The SMILES string of the molecule is COc1cc(C(C)(C)C)ccc1S(C)=O. The summed E-state index contributed by atoms with van der Waals surface area (Å²) in [4.78, 5) is 0.755. The first kappa shape index (κ1) is 12.2. The molecule has 0 aliphatic rings. The van der Waals surface area contributed by atoms with E-state index in [0.717, 1.165) is 4.90 Å². The summed E-state index contributed by atoms with van der Waals surface area (Å²) >= 11 is 0. The van der Waals surface area contributed by atoms with E-state index < -0.39 is 10.8 Å². The van der Waals surface area contributed by atoms with Gasteiger partial charge in [-0.3, -0.25) is 4.21 Å². The zero-order valence-corrected chi connectivity index (χ0v) is 10.8. The molecule has 0 saturated heterocycles. The van der Waals surface area contributed by atoms with Gasteiger partial charge in [0.1, 0.15) is 5.75 Å². The molecule has 0 aliphatic carbocycles. The summed E-state index contributed by atoms with van der Waals surface area (Å²) in [5.74, 6) is 0.711. The molecule has 84 valence electrons. The molecule has 3 heteroatoms. The van der Waals surface area contributed by atoms with Crippen LogP contribution in [0.5, 0.6) is 5.75 Å². The van der Waals surface area contributed by atoms with Crippen molar-refractivity contribution in [2.45, 2.75) is 31.1 Å². The van der Waals surface area contributed by atoms with Gasteiger partial charge >= 0.3 is 0 Å². The first-order chi connectivity index (χ1) is 6.86. The molecular formula is C12H18O2S. The lowest BCUT2D eigenvalue weighted by atomic mass is 9.87. The Kier molecular flexibility index (Phi) is 3.55. The maximum absolute atomic E-state index is 11.4. The Morgan fingerprint density at radius 1 is 1.27 bits per heavy atom. The predicted octanol–water partition coefficient (Wildman–Crippen LogP) is 2.73. The molecule has 0 bridgehead atoms. The molecule has 0 saturated carbocycles. The zero-order valence-electron chi connectivity index (χ0n) is 9.96. The van der Waals surface area contributed by atoms with Crippen molar-refractivity contribution >= 4 is 10.8 Å². The summed E-state index contributed by atoms with van der Waals surface area (Å²) in [6.07, 6.45) is 1.66. The minimum atomic E-state index is -1.00. The summed E-state index contributed by atoms with van der Waals surface area (Å²) in [5, 5.41) is 0. The average Bonchev–Trinajstić information content (AvgIpc) is 2.15. The van der Waals surface area contributed by atoms with Crippen molar-refractivity contribution in [3.8, 4) is 5.75 Å². The van der Waals surface area contributed by atoms with E-state index in [0.29, 0.717) is 5.75 Å². The number of benzene rings is 1. The van der Waals surface area contributed by atoms with Crippen molar-refractivity contribution in [1.29, 1.82) is 0 Å². The second-order valence-electron chi connectivity index (χ2n) is 4.57. The molecule has 1 aromatic rings. The van der Waals surface area contributed by atoms with Crippen LogP contribution in [0.25, 0.3) is 0 Å². The van der Waals surface area contributed by atoms with Crippen LogP contribution in [0.4, 0.5) is 0 Å². The lowest BCUT2D eigenvalue weighted by molar-refractivity contribution is 0.402. The molecular weight excluding hydrogens is 208 g/mol. The van der Waals surface area contributed by atoms with E-state index in [-0.39, 0.29) is 5.41 Å². The molecule has 0 spiro atoms. The second kappa shape index (κ2) is 4.35. The van der Waals surface area contributed by atoms with Crippen molar-refractivity contribution < 1.29 is 8.95 Å². The van der Waals surface area contributed by atoms with Gasteiger partial charge in [0.05, 0.1) is 22.8 Å². The fraction of sp³-hybridized carbons (Fsp3) is 0.500. The zero-order chi connectivity index (χ0) is 11.6. The Hall–Kier alpha value is -0.830. The van der Waals surface area contributed by atoms with Crippen LogP contribution in [-0.4, -0.2) is 17.6 Å². The summed E-state index contributed by atoms with van der Waals surface area (Å²) in [7, 11) is 0.609. The number of hydrogen-bond donors (Lipinski definition) is 0. The van der Waals surface area contributed by atoms with Crippen molar-refractivity contribution in [3.63, 3.8) is 0 Å². The fourth-order valence-electron chi connectivity index (χ4n) is 1.37. The second-order valence-corrected chi connectivity index (χ2v) is 5.92. The van der Waals surface area contributed by atoms with Gasteiger partial charge in [0.2, 0.25) is 0 Å². The van der Waals surface area contributed by atoms with Crippen molar-refractivity contribution in [1.82, 2.24) is 0 Å². The van der Waals surface area contributed by atoms with E-state index >= 15 is 0 Å². The third-order valence-corrected chi connectivity index (χ3v) is 3.30. The highest BCUT2D eigenvalue weighted by atomic mass is 32.2. The lowest BCUT2D eigenvalue weighted by Crippen LogP contribution is -2.11. The largest absolute Gasteiger partial charge is 0.495 e. The molecule has 1 atom stereocenters. The van der Waals surface area contributed by atoms with Crippen LogP contribution in [-0.2, 0) is 16.2 Å². The maximum Gasteiger partial charge on any atom is 0.135 e. The van der Waals surface area contributed by atoms with Crippen LogP contribution >= 0.6 is 0 Å². The molecule has 1 rings (SSSR count). The number of hydrogen-bond acceptors (Lipinski definition) is 2. The van der Waals surface area contributed by atoms with Crippen LogP contribution in [0, 0.1) is 0 Å². The van der Waals surface area contributed by atoms with Crippen LogP contribution in [0.2, 0.25) is 0 Å². The van der Waals surface area contributed by atoms with Gasteiger partial charge in [0, 0.05) is 6.26 Å². The Bertz CT molecular complexity index is 378. The Morgan fingerprint density at radius 3 is 2.27 bits per heavy atom. The third kappa shape index (κ3) is 2.81.